The average Bonchev–Trinajstić information content (AvgIpc) is 2.28. The number of aryl methyl sites for hydroxylation is 1. The van der Waals surface area contributed by atoms with Gasteiger partial charge in [-0.25, -0.2) is 9.97 Å². The normalized spacial score (nSPS) is 10.3. The van der Waals surface area contributed by atoms with Gasteiger partial charge in [0, 0.05) is 19.3 Å². The smallest absolute Gasteiger partial charge is 0.125 e. The molecule has 0 aliphatic carbocycles. The van der Waals surface area contributed by atoms with E-state index in [-0.39, 0.29) is 0 Å². The first-order valence-electron chi connectivity index (χ1n) is 5.51. The van der Waals surface area contributed by atoms with E-state index in [1.807, 2.05) is 19.1 Å². The lowest BCUT2D eigenvalue weighted by atomic mass is 10.4. The zero-order chi connectivity index (χ0) is 11.6. The third kappa shape index (κ3) is 5.58. The molecule has 0 aliphatic rings. The summed E-state index contributed by atoms with van der Waals surface area (Å²) in [6, 6.07) is 1.92. The summed E-state index contributed by atoms with van der Waals surface area (Å²) >= 11 is 0. The SMILES string of the molecule is C=CCCOCCNCc1ccnc(C)n1. The molecule has 16 heavy (non-hydrogen) atoms. The number of ether oxygens (including phenoxy) is 1. The minimum absolute atomic E-state index is 0.720. The Morgan fingerprint density at radius 2 is 2.38 bits per heavy atom. The summed E-state index contributed by atoms with van der Waals surface area (Å²) in [5.74, 6) is 0.807. The fourth-order valence-corrected chi connectivity index (χ4v) is 1.23. The molecule has 1 rings (SSSR count). The van der Waals surface area contributed by atoms with Crippen molar-refractivity contribution in [2.45, 2.75) is 19.9 Å². The molecule has 0 unspecified atom stereocenters. The predicted octanol–water partition coefficient (Wildman–Crippen LogP) is 1.47. The van der Waals surface area contributed by atoms with Crippen LogP contribution in [0.4, 0.5) is 0 Å². The molecule has 88 valence electrons. The fourth-order valence-electron chi connectivity index (χ4n) is 1.23. The van der Waals surface area contributed by atoms with Crippen molar-refractivity contribution in [3.05, 3.63) is 36.4 Å². The molecule has 4 heteroatoms. The highest BCUT2D eigenvalue weighted by molar-refractivity contribution is 5.00. The Labute approximate surface area is 96.8 Å². The zero-order valence-corrected chi connectivity index (χ0v) is 9.78. The lowest BCUT2D eigenvalue weighted by Gasteiger charge is -2.05. The minimum Gasteiger partial charge on any atom is -0.380 e. The van der Waals surface area contributed by atoms with Gasteiger partial charge in [0.25, 0.3) is 0 Å². The van der Waals surface area contributed by atoms with Crippen LogP contribution in [0.25, 0.3) is 0 Å². The van der Waals surface area contributed by atoms with Gasteiger partial charge in [0.05, 0.1) is 18.9 Å². The Balaban J connectivity index is 2.05. The van der Waals surface area contributed by atoms with Crippen LogP contribution in [0.3, 0.4) is 0 Å². The molecule has 0 aliphatic heterocycles. The van der Waals surface area contributed by atoms with Crippen LogP contribution in [-0.2, 0) is 11.3 Å². The summed E-state index contributed by atoms with van der Waals surface area (Å²) in [5, 5.41) is 3.26. The van der Waals surface area contributed by atoms with E-state index in [4.69, 9.17) is 4.74 Å². The number of aromatic nitrogens is 2. The fraction of sp³-hybridized carbons (Fsp3) is 0.500. The summed E-state index contributed by atoms with van der Waals surface area (Å²) in [4.78, 5) is 8.34. The number of hydrogen-bond donors (Lipinski definition) is 1. The highest BCUT2D eigenvalue weighted by atomic mass is 16.5. The second-order valence-corrected chi connectivity index (χ2v) is 3.46. The molecule has 0 bridgehead atoms. The lowest BCUT2D eigenvalue weighted by molar-refractivity contribution is 0.140. The number of nitrogens with zero attached hydrogens (tertiary/aromatic N) is 2. The Kier molecular flexibility index (Phi) is 6.37. The molecule has 0 fully saturated rings. The average molecular weight is 221 g/mol. The molecule has 4 nitrogen and oxygen atoms in total. The second kappa shape index (κ2) is 7.96. The van der Waals surface area contributed by atoms with Gasteiger partial charge in [0.15, 0.2) is 0 Å². The van der Waals surface area contributed by atoms with Gasteiger partial charge in [-0.05, 0) is 19.4 Å². The van der Waals surface area contributed by atoms with Crippen molar-refractivity contribution in [2.75, 3.05) is 19.8 Å². The Morgan fingerprint density at radius 3 is 3.12 bits per heavy atom. The van der Waals surface area contributed by atoms with E-state index in [1.165, 1.54) is 0 Å². The van der Waals surface area contributed by atoms with Gasteiger partial charge in [-0.2, -0.15) is 0 Å². The highest BCUT2D eigenvalue weighted by Gasteiger charge is 1.94. The van der Waals surface area contributed by atoms with Crippen molar-refractivity contribution in [1.82, 2.24) is 15.3 Å². The molecule has 1 N–H and O–H groups in total. The standard InChI is InChI=1S/C12H19N3O/c1-3-4-8-16-9-7-13-10-12-5-6-14-11(2)15-12/h3,5-6,13H,1,4,7-10H2,2H3. The molecule has 0 saturated carbocycles. The van der Waals surface area contributed by atoms with E-state index < -0.39 is 0 Å². The first-order valence-corrected chi connectivity index (χ1v) is 5.51. The zero-order valence-electron chi connectivity index (χ0n) is 9.78. The summed E-state index contributed by atoms with van der Waals surface area (Å²) in [6.45, 7) is 8.58. The van der Waals surface area contributed by atoms with Crippen LogP contribution < -0.4 is 5.32 Å². The van der Waals surface area contributed by atoms with Crippen LogP contribution in [0.2, 0.25) is 0 Å². The van der Waals surface area contributed by atoms with E-state index in [9.17, 15) is 0 Å². The Bertz CT molecular complexity index is 315. The molecule has 0 aromatic carbocycles. The van der Waals surface area contributed by atoms with E-state index in [0.29, 0.717) is 0 Å². The van der Waals surface area contributed by atoms with E-state index in [1.54, 1.807) is 6.20 Å². The number of nitrogens with one attached hydrogen (secondary N) is 1. The molecular formula is C12H19N3O. The van der Waals surface area contributed by atoms with Gasteiger partial charge in [-0.15, -0.1) is 6.58 Å². The number of hydrogen-bond acceptors (Lipinski definition) is 4. The molecule has 0 radical (unpaired) electrons. The topological polar surface area (TPSA) is 47.0 Å². The van der Waals surface area contributed by atoms with Crippen molar-refractivity contribution in [1.29, 1.82) is 0 Å². The van der Waals surface area contributed by atoms with Crippen molar-refractivity contribution in [3.63, 3.8) is 0 Å². The molecule has 0 atom stereocenters. The maximum Gasteiger partial charge on any atom is 0.125 e. The van der Waals surface area contributed by atoms with Crippen molar-refractivity contribution >= 4 is 0 Å². The molecule has 1 aromatic rings. The van der Waals surface area contributed by atoms with Crippen molar-refractivity contribution in [2.24, 2.45) is 0 Å². The predicted molar refractivity (Wildman–Crippen MR) is 64.1 cm³/mol. The maximum absolute atomic E-state index is 5.37. The minimum atomic E-state index is 0.720. The van der Waals surface area contributed by atoms with Crippen molar-refractivity contribution in [3.8, 4) is 0 Å². The highest BCUT2D eigenvalue weighted by Crippen LogP contribution is 1.93. The quantitative estimate of drug-likeness (QED) is 0.533. The lowest BCUT2D eigenvalue weighted by Crippen LogP contribution is -2.20. The van der Waals surface area contributed by atoms with Gasteiger partial charge in [-0.1, -0.05) is 6.08 Å². The maximum atomic E-state index is 5.37. The summed E-state index contributed by atoms with van der Waals surface area (Å²) in [7, 11) is 0. The first kappa shape index (κ1) is 12.8. The van der Waals surface area contributed by atoms with Crippen LogP contribution >= 0.6 is 0 Å². The van der Waals surface area contributed by atoms with Gasteiger partial charge in [-0.3, -0.25) is 0 Å². The van der Waals surface area contributed by atoms with Crippen LogP contribution in [0, 0.1) is 6.92 Å². The monoisotopic (exact) mass is 221 g/mol. The Hall–Kier alpha value is -1.26. The summed E-state index contributed by atoms with van der Waals surface area (Å²) in [5.41, 5.74) is 1.01. The van der Waals surface area contributed by atoms with E-state index in [0.717, 1.165) is 44.2 Å². The van der Waals surface area contributed by atoms with Gasteiger partial charge >= 0.3 is 0 Å². The van der Waals surface area contributed by atoms with Gasteiger partial charge < -0.3 is 10.1 Å². The summed E-state index contributed by atoms with van der Waals surface area (Å²) in [6.07, 6.45) is 4.54. The molecule has 1 aromatic heterocycles. The summed E-state index contributed by atoms with van der Waals surface area (Å²) < 4.78 is 5.37. The van der Waals surface area contributed by atoms with Crippen molar-refractivity contribution < 1.29 is 4.74 Å². The van der Waals surface area contributed by atoms with E-state index >= 15 is 0 Å². The molecule has 0 spiro atoms. The molecule has 0 saturated heterocycles. The molecule has 1 heterocycles. The van der Waals surface area contributed by atoms with Crippen LogP contribution in [-0.4, -0.2) is 29.7 Å². The second-order valence-electron chi connectivity index (χ2n) is 3.46. The van der Waals surface area contributed by atoms with E-state index in [2.05, 4.69) is 21.9 Å². The van der Waals surface area contributed by atoms with Crippen LogP contribution in [0.5, 0.6) is 0 Å². The van der Waals surface area contributed by atoms with Crippen LogP contribution in [0.15, 0.2) is 24.9 Å². The molecular weight excluding hydrogens is 202 g/mol. The van der Waals surface area contributed by atoms with Crippen LogP contribution in [0.1, 0.15) is 17.9 Å². The number of rotatable bonds is 8. The van der Waals surface area contributed by atoms with Gasteiger partial charge in [0.1, 0.15) is 5.82 Å². The largest absolute Gasteiger partial charge is 0.380 e. The third-order valence-corrected chi connectivity index (χ3v) is 2.03. The Morgan fingerprint density at radius 1 is 1.50 bits per heavy atom. The van der Waals surface area contributed by atoms with Gasteiger partial charge in [0.2, 0.25) is 0 Å². The third-order valence-electron chi connectivity index (χ3n) is 2.03. The first-order chi connectivity index (χ1) is 7.83. The molecule has 0 amide bonds.